The summed E-state index contributed by atoms with van der Waals surface area (Å²) < 4.78 is 5.35. The standard InChI is InChI=1S/C18H17NO2/c1-13(2)16(10-11-19)18(20)21-12-15-8-5-7-14-6-3-4-9-17(14)15/h3-10,13H,12H2,1-2H3. The van der Waals surface area contributed by atoms with Crippen molar-refractivity contribution in [1.82, 2.24) is 0 Å². The van der Waals surface area contributed by atoms with E-state index in [9.17, 15) is 4.79 Å². The van der Waals surface area contributed by atoms with Gasteiger partial charge < -0.3 is 4.74 Å². The number of benzene rings is 2. The van der Waals surface area contributed by atoms with Crippen LogP contribution in [0.5, 0.6) is 0 Å². The second kappa shape index (κ2) is 6.71. The molecule has 3 nitrogen and oxygen atoms in total. The molecule has 3 heteroatoms. The maximum absolute atomic E-state index is 12.0. The number of carbonyl (C=O) groups is 1. The molecule has 0 fully saturated rings. The van der Waals surface area contributed by atoms with Crippen molar-refractivity contribution in [3.63, 3.8) is 0 Å². The third-order valence-electron chi connectivity index (χ3n) is 3.32. The van der Waals surface area contributed by atoms with Crippen molar-refractivity contribution in [2.75, 3.05) is 0 Å². The Morgan fingerprint density at radius 2 is 1.95 bits per heavy atom. The number of ether oxygens (including phenoxy) is 1. The molecular weight excluding hydrogens is 262 g/mol. The molecule has 0 amide bonds. The minimum absolute atomic E-state index is 0.0373. The minimum atomic E-state index is -0.431. The lowest BCUT2D eigenvalue weighted by Crippen LogP contribution is -2.12. The van der Waals surface area contributed by atoms with Gasteiger partial charge in [-0.1, -0.05) is 56.3 Å². The van der Waals surface area contributed by atoms with Crippen LogP contribution in [0, 0.1) is 17.2 Å². The Balaban J connectivity index is 2.17. The molecule has 2 rings (SSSR count). The van der Waals surface area contributed by atoms with Gasteiger partial charge in [-0.05, 0) is 22.3 Å². The van der Waals surface area contributed by atoms with Crippen LogP contribution in [0.4, 0.5) is 0 Å². The maximum Gasteiger partial charge on any atom is 0.335 e. The van der Waals surface area contributed by atoms with E-state index in [0.29, 0.717) is 5.57 Å². The molecule has 0 atom stereocenters. The van der Waals surface area contributed by atoms with Gasteiger partial charge in [0, 0.05) is 6.08 Å². The van der Waals surface area contributed by atoms with E-state index in [-0.39, 0.29) is 12.5 Å². The van der Waals surface area contributed by atoms with Gasteiger partial charge in [-0.15, -0.1) is 0 Å². The second-order valence-corrected chi connectivity index (χ2v) is 5.10. The molecule has 0 saturated heterocycles. The number of nitrogens with zero attached hydrogens (tertiary/aromatic N) is 1. The van der Waals surface area contributed by atoms with Crippen molar-refractivity contribution in [2.45, 2.75) is 20.5 Å². The van der Waals surface area contributed by atoms with Crippen LogP contribution in [0.25, 0.3) is 10.8 Å². The van der Waals surface area contributed by atoms with Crippen LogP contribution < -0.4 is 0 Å². The van der Waals surface area contributed by atoms with Crippen LogP contribution >= 0.6 is 0 Å². The summed E-state index contributed by atoms with van der Waals surface area (Å²) >= 11 is 0. The normalized spacial score (nSPS) is 11.4. The molecule has 106 valence electrons. The molecule has 21 heavy (non-hydrogen) atoms. The first-order valence-corrected chi connectivity index (χ1v) is 6.87. The quantitative estimate of drug-likeness (QED) is 0.483. The number of nitriles is 1. The first-order chi connectivity index (χ1) is 10.1. The van der Waals surface area contributed by atoms with Gasteiger partial charge in [0.2, 0.25) is 0 Å². The summed E-state index contributed by atoms with van der Waals surface area (Å²) in [7, 11) is 0. The number of esters is 1. The zero-order valence-electron chi connectivity index (χ0n) is 12.2. The van der Waals surface area contributed by atoms with Crippen molar-refractivity contribution in [1.29, 1.82) is 5.26 Å². The fraction of sp³-hybridized carbons (Fsp3) is 0.222. The second-order valence-electron chi connectivity index (χ2n) is 5.10. The number of rotatable bonds is 4. The van der Waals surface area contributed by atoms with Gasteiger partial charge >= 0.3 is 5.97 Å². The SMILES string of the molecule is CC(C)C(=CC#N)C(=O)OCc1cccc2ccccc12. The molecule has 0 radical (unpaired) electrons. The molecule has 0 bridgehead atoms. The molecule has 0 unspecified atom stereocenters. The fourth-order valence-electron chi connectivity index (χ4n) is 2.18. The molecule has 0 spiro atoms. The molecular formula is C18H17NO2. The van der Waals surface area contributed by atoms with Gasteiger partial charge in [0.1, 0.15) is 6.61 Å². The van der Waals surface area contributed by atoms with Crippen molar-refractivity contribution in [3.8, 4) is 6.07 Å². The van der Waals surface area contributed by atoms with Crippen molar-refractivity contribution in [2.24, 2.45) is 5.92 Å². The Bertz CT molecular complexity index is 718. The summed E-state index contributed by atoms with van der Waals surface area (Å²) in [4.78, 5) is 12.0. The molecule has 0 saturated carbocycles. The lowest BCUT2D eigenvalue weighted by molar-refractivity contribution is -0.140. The van der Waals surface area contributed by atoms with E-state index in [1.807, 2.05) is 62.4 Å². The number of hydrogen-bond donors (Lipinski definition) is 0. The van der Waals surface area contributed by atoms with Crippen LogP contribution in [0.15, 0.2) is 54.1 Å². The van der Waals surface area contributed by atoms with E-state index in [1.165, 1.54) is 6.08 Å². The third-order valence-corrected chi connectivity index (χ3v) is 3.32. The van der Waals surface area contributed by atoms with E-state index >= 15 is 0 Å². The number of hydrogen-bond acceptors (Lipinski definition) is 3. The van der Waals surface area contributed by atoms with Gasteiger partial charge in [-0.3, -0.25) is 0 Å². The maximum atomic E-state index is 12.0. The van der Waals surface area contributed by atoms with E-state index < -0.39 is 5.97 Å². The van der Waals surface area contributed by atoms with E-state index in [1.54, 1.807) is 0 Å². The van der Waals surface area contributed by atoms with Crippen molar-refractivity contribution in [3.05, 3.63) is 59.7 Å². The van der Waals surface area contributed by atoms with E-state index in [4.69, 9.17) is 10.00 Å². The van der Waals surface area contributed by atoms with Crippen LogP contribution in [0.1, 0.15) is 19.4 Å². The lowest BCUT2D eigenvalue weighted by atomic mass is 10.0. The molecule has 2 aromatic carbocycles. The number of carbonyl (C=O) groups excluding carboxylic acids is 1. The minimum Gasteiger partial charge on any atom is -0.457 e. The number of allylic oxidation sites excluding steroid dienone is 1. The highest BCUT2D eigenvalue weighted by Gasteiger charge is 2.15. The van der Waals surface area contributed by atoms with E-state index in [2.05, 4.69) is 0 Å². The van der Waals surface area contributed by atoms with Gasteiger partial charge in [-0.2, -0.15) is 5.26 Å². The van der Waals surface area contributed by atoms with Crippen molar-refractivity contribution >= 4 is 16.7 Å². The first kappa shape index (κ1) is 14.8. The Morgan fingerprint density at radius 1 is 1.24 bits per heavy atom. The highest BCUT2D eigenvalue weighted by Crippen LogP contribution is 2.20. The molecule has 0 aliphatic heterocycles. The zero-order chi connectivity index (χ0) is 15.2. The van der Waals surface area contributed by atoms with Gasteiger partial charge in [-0.25, -0.2) is 4.79 Å². The summed E-state index contributed by atoms with van der Waals surface area (Å²) in [6.07, 6.45) is 1.26. The van der Waals surface area contributed by atoms with Crippen molar-refractivity contribution < 1.29 is 9.53 Å². The van der Waals surface area contributed by atoms with Crippen LogP contribution in [0.3, 0.4) is 0 Å². The monoisotopic (exact) mass is 279 g/mol. The predicted octanol–water partition coefficient (Wildman–Crippen LogP) is 3.99. The Hall–Kier alpha value is -2.60. The predicted molar refractivity (Wildman–Crippen MR) is 82.3 cm³/mol. The highest BCUT2D eigenvalue weighted by atomic mass is 16.5. The molecule has 2 aromatic rings. The fourth-order valence-corrected chi connectivity index (χ4v) is 2.18. The zero-order valence-corrected chi connectivity index (χ0v) is 12.2. The Kier molecular flexibility index (Phi) is 4.73. The third kappa shape index (κ3) is 3.49. The molecule has 0 aromatic heterocycles. The largest absolute Gasteiger partial charge is 0.457 e. The smallest absolute Gasteiger partial charge is 0.335 e. The summed E-state index contributed by atoms with van der Waals surface area (Å²) in [6.45, 7) is 3.93. The van der Waals surface area contributed by atoms with Gasteiger partial charge in [0.15, 0.2) is 0 Å². The molecule has 0 heterocycles. The lowest BCUT2D eigenvalue weighted by Gasteiger charge is -2.11. The molecule has 0 aliphatic rings. The Labute approximate surface area is 124 Å². The summed E-state index contributed by atoms with van der Waals surface area (Å²) in [5.74, 6) is -0.468. The van der Waals surface area contributed by atoms with Gasteiger partial charge in [0.05, 0.1) is 11.6 Å². The van der Waals surface area contributed by atoms with Crippen LogP contribution in [-0.2, 0) is 16.1 Å². The van der Waals surface area contributed by atoms with Gasteiger partial charge in [0.25, 0.3) is 0 Å². The first-order valence-electron chi connectivity index (χ1n) is 6.87. The topological polar surface area (TPSA) is 50.1 Å². The summed E-state index contributed by atoms with van der Waals surface area (Å²) in [5, 5.41) is 10.9. The summed E-state index contributed by atoms with van der Waals surface area (Å²) in [6, 6.07) is 15.8. The molecule has 0 aliphatic carbocycles. The average Bonchev–Trinajstić information content (AvgIpc) is 2.49. The van der Waals surface area contributed by atoms with Crippen LogP contribution in [-0.4, -0.2) is 5.97 Å². The number of fused-ring (bicyclic) bond motifs is 1. The summed E-state index contributed by atoms with van der Waals surface area (Å²) in [5.41, 5.74) is 1.36. The van der Waals surface area contributed by atoms with Crippen LogP contribution in [0.2, 0.25) is 0 Å². The molecule has 0 N–H and O–H groups in total. The Morgan fingerprint density at radius 3 is 2.67 bits per heavy atom. The highest BCUT2D eigenvalue weighted by molar-refractivity contribution is 5.90. The average molecular weight is 279 g/mol. The van der Waals surface area contributed by atoms with E-state index in [0.717, 1.165) is 16.3 Å².